The summed E-state index contributed by atoms with van der Waals surface area (Å²) in [7, 11) is -1.93. The molecule has 1 heterocycles. The van der Waals surface area contributed by atoms with Crippen molar-refractivity contribution in [2.24, 2.45) is 10.1 Å². The molecule has 170 valence electrons. The largest absolute Gasteiger partial charge is 0.355 e. The Morgan fingerprint density at radius 1 is 1.10 bits per heavy atom. The first-order valence-corrected chi connectivity index (χ1v) is 12.3. The summed E-state index contributed by atoms with van der Waals surface area (Å²) in [5, 5.41) is 12.1. The molecule has 1 aromatic carbocycles. The smallest absolute Gasteiger partial charge is 0.238 e. The number of piperidine rings is 1. The highest BCUT2D eigenvalue weighted by molar-refractivity contribution is 14.0. The van der Waals surface area contributed by atoms with Gasteiger partial charge in [-0.05, 0) is 56.5 Å². The maximum atomic E-state index is 11.6. The molecule has 0 amide bonds. The molecule has 0 aromatic heterocycles. The van der Waals surface area contributed by atoms with Crippen molar-refractivity contribution in [1.82, 2.24) is 15.5 Å². The Kier molecular flexibility index (Phi) is 9.83. The van der Waals surface area contributed by atoms with Gasteiger partial charge in [-0.1, -0.05) is 37.8 Å². The average molecular weight is 550 g/mol. The van der Waals surface area contributed by atoms with Crippen molar-refractivity contribution in [1.29, 1.82) is 0 Å². The summed E-state index contributed by atoms with van der Waals surface area (Å²) in [4.78, 5) is 7.21. The number of guanidine groups is 1. The van der Waals surface area contributed by atoms with E-state index < -0.39 is 10.0 Å². The van der Waals surface area contributed by atoms with Gasteiger partial charge in [0, 0.05) is 25.7 Å². The van der Waals surface area contributed by atoms with Crippen LogP contribution < -0.4 is 15.8 Å². The quantitative estimate of drug-likeness (QED) is 0.288. The summed E-state index contributed by atoms with van der Waals surface area (Å²) in [5.74, 6) is 0.743. The Bertz CT molecular complexity index is 803. The van der Waals surface area contributed by atoms with Crippen LogP contribution in [0.15, 0.2) is 34.2 Å². The predicted molar refractivity (Wildman–Crippen MR) is 133 cm³/mol. The van der Waals surface area contributed by atoms with Crippen LogP contribution >= 0.6 is 24.0 Å². The van der Waals surface area contributed by atoms with Crippen LogP contribution in [0.5, 0.6) is 0 Å². The van der Waals surface area contributed by atoms with E-state index in [-0.39, 0.29) is 34.4 Å². The molecule has 1 saturated heterocycles. The third kappa shape index (κ3) is 6.80. The Labute approximate surface area is 198 Å². The highest BCUT2D eigenvalue weighted by atomic mass is 127. The number of halogens is 1. The molecule has 2 aliphatic rings. The highest BCUT2D eigenvalue weighted by Crippen LogP contribution is 2.35. The van der Waals surface area contributed by atoms with E-state index in [2.05, 4.69) is 20.5 Å². The van der Waals surface area contributed by atoms with Gasteiger partial charge in [-0.25, -0.2) is 13.6 Å². The number of primary sulfonamides is 1. The number of benzene rings is 1. The maximum absolute atomic E-state index is 11.6. The molecule has 0 radical (unpaired) electrons. The number of likely N-dealkylation sites (tertiary alicyclic amines) is 1. The molecule has 1 aliphatic heterocycles. The molecule has 2 fully saturated rings. The summed E-state index contributed by atoms with van der Waals surface area (Å²) in [6.45, 7) is 3.78. The first kappa shape index (κ1) is 25.4. The van der Waals surface area contributed by atoms with Crippen LogP contribution in [-0.4, -0.2) is 51.5 Å². The molecule has 4 N–H and O–H groups in total. The van der Waals surface area contributed by atoms with Gasteiger partial charge in [-0.15, -0.1) is 24.0 Å². The van der Waals surface area contributed by atoms with Crippen LogP contribution in [0.1, 0.15) is 56.9 Å². The number of nitrogens with one attached hydrogen (secondary N) is 2. The number of rotatable bonds is 6. The van der Waals surface area contributed by atoms with Gasteiger partial charge in [0.1, 0.15) is 0 Å². The van der Waals surface area contributed by atoms with Gasteiger partial charge in [0.25, 0.3) is 0 Å². The molecule has 0 unspecified atom stereocenters. The van der Waals surface area contributed by atoms with Gasteiger partial charge in [0.2, 0.25) is 10.0 Å². The molecule has 1 aliphatic carbocycles. The number of hydrogen-bond donors (Lipinski definition) is 3. The van der Waals surface area contributed by atoms with E-state index >= 15 is 0 Å². The zero-order chi connectivity index (χ0) is 20.7. The lowest BCUT2D eigenvalue weighted by atomic mass is 9.79. The minimum atomic E-state index is -3.69. The Hall–Kier alpha value is -0.910. The number of aliphatic imine (C=N–C) groups is 1. The van der Waals surface area contributed by atoms with Gasteiger partial charge >= 0.3 is 0 Å². The summed E-state index contributed by atoms with van der Waals surface area (Å²) in [5.41, 5.74) is 1.08. The second-order valence-electron chi connectivity index (χ2n) is 8.30. The SMILES string of the molecule is CN=C(NCc1cccc(S(N)(=O)=O)c1)NCC1(N2CCCCC2)CCCCC1.I. The molecule has 9 heteroatoms. The monoisotopic (exact) mass is 549 g/mol. The van der Waals surface area contributed by atoms with E-state index in [9.17, 15) is 8.42 Å². The molecule has 3 rings (SSSR count). The topological polar surface area (TPSA) is 99.8 Å². The molecule has 30 heavy (non-hydrogen) atoms. The Balaban J connectivity index is 0.00000320. The molecular weight excluding hydrogens is 513 g/mol. The molecule has 0 atom stereocenters. The zero-order valence-electron chi connectivity index (χ0n) is 17.9. The van der Waals surface area contributed by atoms with E-state index in [0.29, 0.717) is 6.54 Å². The van der Waals surface area contributed by atoms with Gasteiger partial charge < -0.3 is 10.6 Å². The van der Waals surface area contributed by atoms with Crippen LogP contribution in [0.4, 0.5) is 0 Å². The van der Waals surface area contributed by atoms with E-state index in [1.807, 2.05) is 6.07 Å². The van der Waals surface area contributed by atoms with Gasteiger partial charge in [-0.3, -0.25) is 9.89 Å². The van der Waals surface area contributed by atoms with Crippen molar-refractivity contribution in [3.8, 4) is 0 Å². The number of sulfonamides is 1. The molecule has 1 aromatic rings. The van der Waals surface area contributed by atoms with Crippen molar-refractivity contribution < 1.29 is 8.42 Å². The zero-order valence-corrected chi connectivity index (χ0v) is 21.0. The van der Waals surface area contributed by atoms with E-state index in [4.69, 9.17) is 5.14 Å². The van der Waals surface area contributed by atoms with Crippen molar-refractivity contribution in [2.75, 3.05) is 26.7 Å². The van der Waals surface area contributed by atoms with Crippen LogP contribution in [0.2, 0.25) is 0 Å². The third-order valence-corrected chi connectivity index (χ3v) is 7.22. The fourth-order valence-corrected chi connectivity index (χ4v) is 5.25. The fraction of sp³-hybridized carbons (Fsp3) is 0.667. The second-order valence-corrected chi connectivity index (χ2v) is 9.87. The predicted octanol–water partition coefficient (Wildman–Crippen LogP) is 2.81. The maximum Gasteiger partial charge on any atom is 0.238 e. The fourth-order valence-electron chi connectivity index (χ4n) is 4.67. The van der Waals surface area contributed by atoms with Crippen molar-refractivity contribution in [2.45, 2.75) is 68.3 Å². The lowest BCUT2D eigenvalue weighted by Gasteiger charge is -2.48. The number of nitrogens with two attached hydrogens (primary N) is 1. The summed E-state index contributed by atoms with van der Waals surface area (Å²) in [6, 6.07) is 6.70. The van der Waals surface area contributed by atoms with Crippen molar-refractivity contribution in [3.63, 3.8) is 0 Å². The lowest BCUT2D eigenvalue weighted by molar-refractivity contribution is 0.0368. The minimum absolute atomic E-state index is 0. The van der Waals surface area contributed by atoms with Crippen LogP contribution in [0.25, 0.3) is 0 Å². The molecule has 0 bridgehead atoms. The molecular formula is C21H36IN5O2S. The standard InChI is InChI=1S/C21H35N5O2S.HI/c1-23-20(24-16-18-9-8-10-19(15-18)29(22,27)28)25-17-21(11-4-2-5-12-21)26-13-6-3-7-14-26;/h8-10,15H,2-7,11-14,16-17H2,1H3,(H2,22,27,28)(H2,23,24,25);1H. The average Bonchev–Trinajstić information content (AvgIpc) is 2.75. The van der Waals surface area contributed by atoms with E-state index in [0.717, 1.165) is 18.1 Å². The van der Waals surface area contributed by atoms with E-state index in [1.165, 1.54) is 70.5 Å². The first-order valence-electron chi connectivity index (χ1n) is 10.7. The summed E-state index contributed by atoms with van der Waals surface area (Å²) in [6.07, 6.45) is 10.4. The van der Waals surface area contributed by atoms with Crippen LogP contribution in [0, 0.1) is 0 Å². The summed E-state index contributed by atoms with van der Waals surface area (Å²) >= 11 is 0. The normalized spacial score (nSPS) is 20.3. The highest BCUT2D eigenvalue weighted by Gasteiger charge is 2.38. The molecule has 7 nitrogen and oxygen atoms in total. The molecule has 0 spiro atoms. The number of nitrogens with zero attached hydrogens (tertiary/aromatic N) is 2. The first-order chi connectivity index (χ1) is 13.9. The second kappa shape index (κ2) is 11.6. The lowest BCUT2D eigenvalue weighted by Crippen LogP contribution is -2.59. The van der Waals surface area contributed by atoms with Crippen LogP contribution in [0.3, 0.4) is 0 Å². The Morgan fingerprint density at radius 2 is 1.77 bits per heavy atom. The van der Waals surface area contributed by atoms with Gasteiger partial charge in [-0.2, -0.15) is 0 Å². The van der Waals surface area contributed by atoms with Gasteiger partial charge in [0.05, 0.1) is 4.90 Å². The van der Waals surface area contributed by atoms with E-state index in [1.54, 1.807) is 19.2 Å². The molecule has 1 saturated carbocycles. The summed E-state index contributed by atoms with van der Waals surface area (Å²) < 4.78 is 23.1. The van der Waals surface area contributed by atoms with Crippen molar-refractivity contribution >= 4 is 40.0 Å². The minimum Gasteiger partial charge on any atom is -0.355 e. The van der Waals surface area contributed by atoms with Gasteiger partial charge in [0.15, 0.2) is 5.96 Å². The third-order valence-electron chi connectivity index (χ3n) is 6.31. The van der Waals surface area contributed by atoms with Crippen molar-refractivity contribution in [3.05, 3.63) is 29.8 Å². The Morgan fingerprint density at radius 3 is 2.40 bits per heavy atom. The van der Waals surface area contributed by atoms with Crippen LogP contribution in [-0.2, 0) is 16.6 Å². The number of hydrogen-bond acceptors (Lipinski definition) is 4.